The van der Waals surface area contributed by atoms with Crippen LogP contribution in [0.5, 0.6) is 0 Å². The Labute approximate surface area is 76.7 Å². The van der Waals surface area contributed by atoms with Crippen LogP contribution in [0.1, 0.15) is 40.5 Å². The van der Waals surface area contributed by atoms with E-state index in [2.05, 4.69) is 27.7 Å². The SMILES string of the molecule is CCC(C)C1C(C)C2C(C)CC12. The van der Waals surface area contributed by atoms with E-state index in [9.17, 15) is 0 Å². The summed E-state index contributed by atoms with van der Waals surface area (Å²) in [7, 11) is 0. The van der Waals surface area contributed by atoms with Gasteiger partial charge in [0.25, 0.3) is 0 Å². The van der Waals surface area contributed by atoms with Crippen molar-refractivity contribution in [2.45, 2.75) is 40.5 Å². The van der Waals surface area contributed by atoms with Gasteiger partial charge in [0.2, 0.25) is 0 Å². The highest BCUT2D eigenvalue weighted by atomic mass is 14.6. The summed E-state index contributed by atoms with van der Waals surface area (Å²) < 4.78 is 0. The Bertz CT molecular complexity index is 167. The Hall–Kier alpha value is 0. The lowest BCUT2D eigenvalue weighted by molar-refractivity contribution is -0.158. The van der Waals surface area contributed by atoms with E-state index in [1.807, 2.05) is 0 Å². The van der Waals surface area contributed by atoms with E-state index in [4.69, 9.17) is 0 Å². The minimum Gasteiger partial charge on any atom is -0.0651 e. The fraction of sp³-hybridized carbons (Fsp3) is 1.00. The Morgan fingerprint density at radius 2 is 2.00 bits per heavy atom. The summed E-state index contributed by atoms with van der Waals surface area (Å²) >= 11 is 0. The number of fused-ring (bicyclic) bond motifs is 1. The standard InChI is InChI=1S/C12H22/c1-5-7(2)11-9(4)12-8(3)6-10(11)12/h7-12H,5-6H2,1-4H3. The van der Waals surface area contributed by atoms with Crippen LogP contribution in [0.4, 0.5) is 0 Å². The summed E-state index contributed by atoms with van der Waals surface area (Å²) in [6, 6.07) is 0. The van der Waals surface area contributed by atoms with Crippen molar-refractivity contribution in [1.82, 2.24) is 0 Å². The molecule has 6 atom stereocenters. The molecule has 0 radical (unpaired) electrons. The Morgan fingerprint density at radius 1 is 1.33 bits per heavy atom. The predicted molar refractivity (Wildman–Crippen MR) is 52.9 cm³/mol. The van der Waals surface area contributed by atoms with Crippen LogP contribution in [0.3, 0.4) is 0 Å². The molecule has 0 bridgehead atoms. The van der Waals surface area contributed by atoms with Crippen molar-refractivity contribution >= 4 is 0 Å². The number of rotatable bonds is 2. The van der Waals surface area contributed by atoms with Gasteiger partial charge < -0.3 is 0 Å². The minimum absolute atomic E-state index is 0.980. The van der Waals surface area contributed by atoms with Crippen molar-refractivity contribution in [2.75, 3.05) is 0 Å². The molecule has 2 saturated carbocycles. The summed E-state index contributed by atoms with van der Waals surface area (Å²) in [4.78, 5) is 0. The first kappa shape index (κ1) is 8.59. The molecule has 0 aliphatic heterocycles. The lowest BCUT2D eigenvalue weighted by Crippen LogP contribution is -2.58. The van der Waals surface area contributed by atoms with Gasteiger partial charge in [-0.25, -0.2) is 0 Å². The van der Waals surface area contributed by atoms with Crippen molar-refractivity contribution in [1.29, 1.82) is 0 Å². The number of hydrogen-bond donors (Lipinski definition) is 0. The maximum atomic E-state index is 2.48. The second-order valence-corrected chi connectivity index (χ2v) is 5.28. The van der Waals surface area contributed by atoms with Crippen LogP contribution in [-0.2, 0) is 0 Å². The third kappa shape index (κ3) is 0.900. The quantitative estimate of drug-likeness (QED) is 0.588. The molecular weight excluding hydrogens is 144 g/mol. The van der Waals surface area contributed by atoms with Gasteiger partial charge >= 0.3 is 0 Å². The van der Waals surface area contributed by atoms with Crippen LogP contribution < -0.4 is 0 Å². The normalized spacial score (nSPS) is 53.5. The Balaban J connectivity index is 1.95. The van der Waals surface area contributed by atoms with Gasteiger partial charge in [-0.1, -0.05) is 34.1 Å². The van der Waals surface area contributed by atoms with Gasteiger partial charge in [0.15, 0.2) is 0 Å². The van der Waals surface area contributed by atoms with Crippen LogP contribution in [0.15, 0.2) is 0 Å². The molecule has 2 fully saturated rings. The fourth-order valence-corrected chi connectivity index (χ4v) is 4.00. The first-order valence-corrected chi connectivity index (χ1v) is 5.66. The lowest BCUT2D eigenvalue weighted by atomic mass is 9.41. The van der Waals surface area contributed by atoms with Gasteiger partial charge in [0, 0.05) is 0 Å². The van der Waals surface area contributed by atoms with Gasteiger partial charge in [-0.15, -0.1) is 0 Å². The van der Waals surface area contributed by atoms with Crippen LogP contribution in [0.2, 0.25) is 0 Å². The molecule has 6 unspecified atom stereocenters. The maximum absolute atomic E-state index is 2.48. The molecule has 0 aromatic carbocycles. The van der Waals surface area contributed by atoms with E-state index >= 15 is 0 Å². The molecule has 0 aromatic rings. The van der Waals surface area contributed by atoms with Crippen molar-refractivity contribution in [3.63, 3.8) is 0 Å². The molecule has 0 heteroatoms. The van der Waals surface area contributed by atoms with E-state index in [0.29, 0.717) is 0 Å². The minimum atomic E-state index is 0.980. The summed E-state index contributed by atoms with van der Waals surface area (Å²) in [5.41, 5.74) is 0. The molecule has 0 spiro atoms. The molecule has 0 nitrogen and oxygen atoms in total. The molecule has 0 saturated heterocycles. The smallest absolute Gasteiger partial charge is 0.0328 e. The van der Waals surface area contributed by atoms with E-state index in [1.54, 1.807) is 0 Å². The predicted octanol–water partition coefficient (Wildman–Crippen LogP) is 3.57. The van der Waals surface area contributed by atoms with Crippen molar-refractivity contribution in [3.05, 3.63) is 0 Å². The van der Waals surface area contributed by atoms with Crippen LogP contribution in [0, 0.1) is 35.5 Å². The average molecular weight is 166 g/mol. The molecule has 2 rings (SSSR count). The van der Waals surface area contributed by atoms with E-state index in [0.717, 1.165) is 35.5 Å². The summed E-state index contributed by atoms with van der Waals surface area (Å²) in [5.74, 6) is 6.39. The third-order valence-corrected chi connectivity index (χ3v) is 4.81. The Kier molecular flexibility index (Phi) is 1.97. The monoisotopic (exact) mass is 166 g/mol. The van der Waals surface area contributed by atoms with Gasteiger partial charge in [-0.2, -0.15) is 0 Å². The second-order valence-electron chi connectivity index (χ2n) is 5.28. The van der Waals surface area contributed by atoms with Crippen LogP contribution >= 0.6 is 0 Å². The third-order valence-electron chi connectivity index (χ3n) is 4.81. The van der Waals surface area contributed by atoms with Crippen molar-refractivity contribution in [3.8, 4) is 0 Å². The summed E-state index contributed by atoms with van der Waals surface area (Å²) in [5, 5.41) is 0. The topological polar surface area (TPSA) is 0 Å². The highest BCUT2D eigenvalue weighted by Crippen LogP contribution is 2.63. The van der Waals surface area contributed by atoms with Gasteiger partial charge in [0.1, 0.15) is 0 Å². The highest BCUT2D eigenvalue weighted by molar-refractivity contribution is 5.05. The highest BCUT2D eigenvalue weighted by Gasteiger charge is 2.57. The zero-order valence-corrected chi connectivity index (χ0v) is 8.88. The zero-order chi connectivity index (χ0) is 8.88. The van der Waals surface area contributed by atoms with Crippen LogP contribution in [-0.4, -0.2) is 0 Å². The molecule has 0 amide bonds. The molecule has 2 aliphatic rings. The van der Waals surface area contributed by atoms with Crippen molar-refractivity contribution < 1.29 is 0 Å². The van der Waals surface area contributed by atoms with Crippen molar-refractivity contribution in [2.24, 2.45) is 35.5 Å². The van der Waals surface area contributed by atoms with Gasteiger partial charge in [-0.05, 0) is 41.9 Å². The van der Waals surface area contributed by atoms with E-state index in [1.165, 1.54) is 12.8 Å². The largest absolute Gasteiger partial charge is 0.0651 e. The first-order valence-electron chi connectivity index (χ1n) is 5.66. The molecular formula is C12H22. The summed E-state index contributed by atoms with van der Waals surface area (Å²) in [6.45, 7) is 9.70. The van der Waals surface area contributed by atoms with Crippen LogP contribution in [0.25, 0.3) is 0 Å². The Morgan fingerprint density at radius 3 is 2.42 bits per heavy atom. The molecule has 2 aliphatic carbocycles. The van der Waals surface area contributed by atoms with Gasteiger partial charge in [0.05, 0.1) is 0 Å². The first-order chi connectivity index (χ1) is 5.66. The number of hydrogen-bond acceptors (Lipinski definition) is 0. The molecule has 0 heterocycles. The molecule has 0 aromatic heterocycles. The summed E-state index contributed by atoms with van der Waals surface area (Å²) in [6.07, 6.45) is 2.91. The lowest BCUT2D eigenvalue weighted by Gasteiger charge is -2.64. The molecule has 0 N–H and O–H groups in total. The molecule has 12 heavy (non-hydrogen) atoms. The average Bonchev–Trinajstić information content (AvgIpc) is 2.01. The van der Waals surface area contributed by atoms with Gasteiger partial charge in [-0.3, -0.25) is 0 Å². The van der Waals surface area contributed by atoms with E-state index in [-0.39, 0.29) is 0 Å². The zero-order valence-electron chi connectivity index (χ0n) is 8.88. The maximum Gasteiger partial charge on any atom is -0.0328 e. The molecule has 70 valence electrons. The second kappa shape index (κ2) is 2.75. The van der Waals surface area contributed by atoms with E-state index < -0.39 is 0 Å². The fourth-order valence-electron chi connectivity index (χ4n) is 4.00.